The Balaban J connectivity index is 2.48. The lowest BCUT2D eigenvalue weighted by molar-refractivity contribution is -0.0739. The lowest BCUT2D eigenvalue weighted by atomic mass is 10.5. The molecule has 0 saturated heterocycles. The van der Waals surface area contributed by atoms with Crippen molar-refractivity contribution in [3.63, 3.8) is 0 Å². The van der Waals surface area contributed by atoms with Crippen LogP contribution in [0.2, 0.25) is 0 Å². The molecule has 0 amide bonds. The third kappa shape index (κ3) is 2.09. The largest absolute Gasteiger partial charge is 0.314 e. The van der Waals surface area contributed by atoms with Crippen molar-refractivity contribution in [2.24, 2.45) is 0 Å². The van der Waals surface area contributed by atoms with Crippen molar-refractivity contribution < 1.29 is 5.21 Å². The zero-order valence-corrected chi connectivity index (χ0v) is 5.93. The van der Waals surface area contributed by atoms with E-state index in [4.69, 9.17) is 5.21 Å². The normalized spacial score (nSPS) is 10.6. The molecule has 0 unspecified atom stereocenters. The van der Waals surface area contributed by atoms with Crippen LogP contribution >= 0.6 is 11.3 Å². The van der Waals surface area contributed by atoms with Crippen LogP contribution in [-0.4, -0.2) is 22.3 Å². The SMILES string of the molecule is CN(O)Cc1cscn1. The molecule has 0 fully saturated rings. The summed E-state index contributed by atoms with van der Waals surface area (Å²) >= 11 is 1.53. The highest BCUT2D eigenvalue weighted by Crippen LogP contribution is 2.01. The number of aromatic nitrogens is 1. The van der Waals surface area contributed by atoms with E-state index in [1.165, 1.54) is 11.3 Å². The minimum atomic E-state index is 0.503. The molecule has 4 heteroatoms. The molecule has 0 aromatic carbocycles. The quantitative estimate of drug-likeness (QED) is 0.628. The summed E-state index contributed by atoms with van der Waals surface area (Å²) < 4.78 is 0. The second-order valence-corrected chi connectivity index (χ2v) is 2.51. The number of hydrogen-bond donors (Lipinski definition) is 1. The summed E-state index contributed by atoms with van der Waals surface area (Å²) in [5.41, 5.74) is 2.66. The fraction of sp³-hybridized carbons (Fsp3) is 0.400. The Hall–Kier alpha value is -0.450. The van der Waals surface area contributed by atoms with E-state index in [1.807, 2.05) is 5.38 Å². The van der Waals surface area contributed by atoms with Crippen molar-refractivity contribution in [2.45, 2.75) is 6.54 Å². The van der Waals surface area contributed by atoms with Crippen LogP contribution in [0.25, 0.3) is 0 Å². The van der Waals surface area contributed by atoms with Crippen molar-refractivity contribution in [3.05, 3.63) is 16.6 Å². The van der Waals surface area contributed by atoms with Gasteiger partial charge in [-0.15, -0.1) is 11.3 Å². The van der Waals surface area contributed by atoms with Gasteiger partial charge in [0.1, 0.15) is 0 Å². The lowest BCUT2D eigenvalue weighted by Gasteiger charge is -2.02. The van der Waals surface area contributed by atoms with Gasteiger partial charge in [-0.1, -0.05) is 0 Å². The molecule has 0 bridgehead atoms. The minimum Gasteiger partial charge on any atom is -0.314 e. The van der Waals surface area contributed by atoms with E-state index in [0.717, 1.165) is 10.8 Å². The van der Waals surface area contributed by atoms with Crippen LogP contribution in [0.3, 0.4) is 0 Å². The fourth-order valence-corrected chi connectivity index (χ4v) is 1.10. The highest BCUT2D eigenvalue weighted by molar-refractivity contribution is 7.07. The molecule has 9 heavy (non-hydrogen) atoms. The third-order valence-electron chi connectivity index (χ3n) is 0.874. The van der Waals surface area contributed by atoms with Crippen LogP contribution in [-0.2, 0) is 6.54 Å². The average molecular weight is 144 g/mol. The topological polar surface area (TPSA) is 36.4 Å². The standard InChI is InChI=1S/C5H8N2OS/c1-7(8)2-5-3-9-4-6-5/h3-4,8H,2H2,1H3. The minimum absolute atomic E-state index is 0.503. The van der Waals surface area contributed by atoms with Crippen LogP contribution in [0.15, 0.2) is 10.9 Å². The zero-order chi connectivity index (χ0) is 6.69. The Morgan fingerprint density at radius 3 is 3.11 bits per heavy atom. The summed E-state index contributed by atoms with van der Waals surface area (Å²) in [6, 6.07) is 0. The molecule has 1 rings (SSSR count). The number of thiazole rings is 1. The van der Waals surface area contributed by atoms with Gasteiger partial charge in [-0.2, -0.15) is 5.06 Å². The fourth-order valence-electron chi connectivity index (χ4n) is 0.550. The first-order valence-corrected chi connectivity index (χ1v) is 3.50. The van der Waals surface area contributed by atoms with E-state index in [-0.39, 0.29) is 0 Å². The lowest BCUT2D eigenvalue weighted by Crippen LogP contribution is -2.11. The summed E-state index contributed by atoms with van der Waals surface area (Å²) in [5, 5.41) is 11.7. The van der Waals surface area contributed by atoms with Gasteiger partial charge >= 0.3 is 0 Å². The molecule has 0 spiro atoms. The molecule has 1 aromatic heterocycles. The number of hydrogen-bond acceptors (Lipinski definition) is 4. The van der Waals surface area contributed by atoms with Gasteiger partial charge in [0.05, 0.1) is 17.7 Å². The van der Waals surface area contributed by atoms with Crippen LogP contribution < -0.4 is 0 Å². The van der Waals surface area contributed by atoms with Crippen molar-refractivity contribution in [1.29, 1.82) is 0 Å². The molecular weight excluding hydrogens is 136 g/mol. The van der Waals surface area contributed by atoms with Crippen LogP contribution in [0, 0.1) is 0 Å². The highest BCUT2D eigenvalue weighted by Gasteiger charge is 1.95. The van der Waals surface area contributed by atoms with Gasteiger partial charge in [0, 0.05) is 12.4 Å². The van der Waals surface area contributed by atoms with Crippen molar-refractivity contribution in [1.82, 2.24) is 10.0 Å². The van der Waals surface area contributed by atoms with Gasteiger partial charge in [0.2, 0.25) is 0 Å². The first kappa shape index (κ1) is 6.67. The maximum absolute atomic E-state index is 8.72. The maximum atomic E-state index is 8.72. The van der Waals surface area contributed by atoms with E-state index < -0.39 is 0 Å². The Morgan fingerprint density at radius 1 is 1.89 bits per heavy atom. The maximum Gasteiger partial charge on any atom is 0.0795 e. The molecule has 0 saturated carbocycles. The van der Waals surface area contributed by atoms with Crippen molar-refractivity contribution >= 4 is 11.3 Å². The van der Waals surface area contributed by atoms with Gasteiger partial charge in [0.15, 0.2) is 0 Å². The molecule has 50 valence electrons. The molecule has 0 radical (unpaired) electrons. The molecule has 0 aliphatic heterocycles. The Bertz CT molecular complexity index is 161. The van der Waals surface area contributed by atoms with Gasteiger partial charge in [0.25, 0.3) is 0 Å². The van der Waals surface area contributed by atoms with Gasteiger partial charge < -0.3 is 5.21 Å². The van der Waals surface area contributed by atoms with Gasteiger partial charge in [-0.25, -0.2) is 4.98 Å². The van der Waals surface area contributed by atoms with E-state index >= 15 is 0 Å². The first-order chi connectivity index (χ1) is 4.29. The average Bonchev–Trinajstić information content (AvgIpc) is 2.15. The molecule has 0 aliphatic rings. The van der Waals surface area contributed by atoms with E-state index in [1.54, 1.807) is 12.6 Å². The first-order valence-electron chi connectivity index (χ1n) is 2.56. The summed E-state index contributed by atoms with van der Waals surface area (Å²) in [7, 11) is 1.60. The van der Waals surface area contributed by atoms with Crippen molar-refractivity contribution in [3.8, 4) is 0 Å². The molecular formula is C5H8N2OS. The summed E-state index contributed by atoms with van der Waals surface area (Å²) in [5.74, 6) is 0. The second kappa shape index (κ2) is 2.91. The summed E-state index contributed by atoms with van der Waals surface area (Å²) in [6.45, 7) is 0.503. The number of hydroxylamine groups is 2. The number of nitrogens with zero attached hydrogens (tertiary/aromatic N) is 2. The summed E-state index contributed by atoms with van der Waals surface area (Å²) in [4.78, 5) is 3.97. The Kier molecular flexibility index (Phi) is 2.16. The molecule has 3 nitrogen and oxygen atoms in total. The van der Waals surface area contributed by atoms with E-state index in [9.17, 15) is 0 Å². The van der Waals surface area contributed by atoms with E-state index in [2.05, 4.69) is 4.98 Å². The van der Waals surface area contributed by atoms with E-state index in [0.29, 0.717) is 6.54 Å². The molecule has 1 aromatic rings. The monoisotopic (exact) mass is 144 g/mol. The van der Waals surface area contributed by atoms with Crippen LogP contribution in [0.1, 0.15) is 5.69 Å². The van der Waals surface area contributed by atoms with Crippen LogP contribution in [0.4, 0.5) is 0 Å². The molecule has 1 heterocycles. The number of rotatable bonds is 2. The van der Waals surface area contributed by atoms with Crippen LogP contribution in [0.5, 0.6) is 0 Å². The predicted molar refractivity (Wildman–Crippen MR) is 35.4 cm³/mol. The highest BCUT2D eigenvalue weighted by atomic mass is 32.1. The Labute approximate surface area is 57.5 Å². The second-order valence-electron chi connectivity index (χ2n) is 1.80. The molecule has 0 atom stereocenters. The van der Waals surface area contributed by atoms with Gasteiger partial charge in [-0.3, -0.25) is 0 Å². The summed E-state index contributed by atoms with van der Waals surface area (Å²) in [6.07, 6.45) is 0. The Morgan fingerprint density at radius 2 is 2.67 bits per heavy atom. The predicted octanol–water partition coefficient (Wildman–Crippen LogP) is 0.964. The van der Waals surface area contributed by atoms with Crippen molar-refractivity contribution in [2.75, 3.05) is 7.05 Å². The molecule has 0 aliphatic carbocycles. The zero-order valence-electron chi connectivity index (χ0n) is 5.11. The van der Waals surface area contributed by atoms with Gasteiger partial charge in [-0.05, 0) is 0 Å². The third-order valence-corrected chi connectivity index (χ3v) is 1.51. The molecule has 1 N–H and O–H groups in total. The smallest absolute Gasteiger partial charge is 0.0795 e.